The summed E-state index contributed by atoms with van der Waals surface area (Å²) in [6, 6.07) is 13.9. The van der Waals surface area contributed by atoms with E-state index in [1.807, 2.05) is 0 Å². The van der Waals surface area contributed by atoms with Gasteiger partial charge in [0.15, 0.2) is 4.90 Å². The van der Waals surface area contributed by atoms with Gasteiger partial charge in [0.1, 0.15) is 17.1 Å². The predicted molar refractivity (Wildman–Crippen MR) is 90.0 cm³/mol. The number of hydrogen-bond donors (Lipinski definition) is 1. The first kappa shape index (κ1) is 15.6. The monoisotopic (exact) mass is 327 g/mol. The molecule has 0 saturated carbocycles. The number of aromatic hydroxyl groups is 1. The van der Waals surface area contributed by atoms with Crippen LogP contribution in [0.3, 0.4) is 0 Å². The van der Waals surface area contributed by atoms with Crippen LogP contribution in [-0.4, -0.2) is 15.4 Å². The second-order valence-corrected chi connectivity index (χ2v) is 6.65. The van der Waals surface area contributed by atoms with Gasteiger partial charge in [0.25, 0.3) is 0 Å². The lowest BCUT2D eigenvalue weighted by molar-refractivity contribution is 0.458. The van der Waals surface area contributed by atoms with E-state index < -0.39 is 16.8 Å². The van der Waals surface area contributed by atoms with Gasteiger partial charge in [-0.1, -0.05) is 24.3 Å². The van der Waals surface area contributed by atoms with Crippen molar-refractivity contribution in [1.82, 2.24) is 0 Å². The normalized spacial score (nSPS) is 12.4. The van der Waals surface area contributed by atoms with Gasteiger partial charge in [-0.15, -0.1) is 0 Å². The van der Waals surface area contributed by atoms with Crippen LogP contribution < -0.4 is 5.63 Å². The molecule has 0 aliphatic heterocycles. The lowest BCUT2D eigenvalue weighted by Crippen LogP contribution is -2.09. The SMILES string of the molecule is [CH2]C[S+]([O-])c1ccc(Cc2c(O)c3ccccc3oc2=O)cc1. The van der Waals surface area contributed by atoms with Crippen molar-refractivity contribution >= 4 is 22.1 Å². The van der Waals surface area contributed by atoms with E-state index in [4.69, 9.17) is 4.42 Å². The number of benzene rings is 2. The summed E-state index contributed by atoms with van der Waals surface area (Å²) in [4.78, 5) is 12.8. The van der Waals surface area contributed by atoms with Crippen LogP contribution in [0, 0.1) is 6.92 Å². The second-order valence-electron chi connectivity index (χ2n) is 5.08. The largest absolute Gasteiger partial charge is 0.611 e. The van der Waals surface area contributed by atoms with Gasteiger partial charge >= 0.3 is 5.63 Å². The molecule has 5 heteroatoms. The van der Waals surface area contributed by atoms with Gasteiger partial charge in [0.2, 0.25) is 0 Å². The number of fused-ring (bicyclic) bond motifs is 1. The molecule has 0 bridgehead atoms. The van der Waals surface area contributed by atoms with Crippen molar-refractivity contribution in [3.63, 3.8) is 0 Å². The Labute approximate surface area is 136 Å². The van der Waals surface area contributed by atoms with Crippen LogP contribution in [0.5, 0.6) is 5.75 Å². The minimum absolute atomic E-state index is 0.0535. The first-order valence-electron chi connectivity index (χ1n) is 7.10. The fourth-order valence-corrected chi connectivity index (χ4v) is 3.08. The van der Waals surface area contributed by atoms with Crippen molar-refractivity contribution in [2.75, 3.05) is 5.75 Å². The Morgan fingerprint density at radius 1 is 1.13 bits per heavy atom. The maximum absolute atomic E-state index is 12.1. The zero-order valence-corrected chi connectivity index (χ0v) is 13.1. The Kier molecular flexibility index (Phi) is 4.41. The third-order valence-corrected chi connectivity index (χ3v) is 4.80. The summed E-state index contributed by atoms with van der Waals surface area (Å²) >= 11 is -1.11. The Morgan fingerprint density at radius 2 is 1.83 bits per heavy atom. The third-order valence-electron chi connectivity index (χ3n) is 3.63. The molecule has 1 radical (unpaired) electrons. The van der Waals surface area contributed by atoms with Crippen LogP contribution in [0.1, 0.15) is 11.1 Å². The molecule has 117 valence electrons. The van der Waals surface area contributed by atoms with Crippen molar-refractivity contribution in [3.05, 3.63) is 77.0 Å². The van der Waals surface area contributed by atoms with Crippen molar-refractivity contribution in [2.45, 2.75) is 11.3 Å². The molecule has 0 fully saturated rings. The Balaban J connectivity index is 1.97. The molecule has 0 amide bonds. The molecular weight excluding hydrogens is 312 g/mol. The van der Waals surface area contributed by atoms with E-state index >= 15 is 0 Å². The first-order valence-corrected chi connectivity index (χ1v) is 8.42. The third kappa shape index (κ3) is 3.11. The van der Waals surface area contributed by atoms with Crippen LogP contribution >= 0.6 is 0 Å². The molecule has 1 heterocycles. The van der Waals surface area contributed by atoms with Crippen LogP contribution in [0.4, 0.5) is 0 Å². The molecule has 1 aromatic heterocycles. The summed E-state index contributed by atoms with van der Waals surface area (Å²) in [5, 5.41) is 10.9. The molecule has 1 N–H and O–H groups in total. The average Bonchev–Trinajstić information content (AvgIpc) is 2.58. The Hall–Kier alpha value is -2.24. The summed E-state index contributed by atoms with van der Waals surface area (Å²) < 4.78 is 16.9. The van der Waals surface area contributed by atoms with Crippen molar-refractivity contribution in [3.8, 4) is 5.75 Å². The molecule has 4 nitrogen and oxygen atoms in total. The van der Waals surface area contributed by atoms with E-state index in [1.165, 1.54) is 0 Å². The maximum atomic E-state index is 12.1. The van der Waals surface area contributed by atoms with Gasteiger partial charge in [-0.2, -0.15) is 0 Å². The summed E-state index contributed by atoms with van der Waals surface area (Å²) in [6.07, 6.45) is 0.246. The van der Waals surface area contributed by atoms with Gasteiger partial charge < -0.3 is 14.1 Å². The van der Waals surface area contributed by atoms with Crippen LogP contribution in [-0.2, 0) is 17.6 Å². The number of rotatable bonds is 4. The fraction of sp³-hybridized carbons (Fsp3) is 0.111. The molecule has 1 unspecified atom stereocenters. The summed E-state index contributed by atoms with van der Waals surface area (Å²) in [6.45, 7) is 3.62. The van der Waals surface area contributed by atoms with Crippen LogP contribution in [0.2, 0.25) is 0 Å². The summed E-state index contributed by atoms with van der Waals surface area (Å²) in [5.74, 6) is 0.260. The van der Waals surface area contributed by atoms with E-state index in [2.05, 4.69) is 6.92 Å². The van der Waals surface area contributed by atoms with E-state index in [0.29, 0.717) is 21.6 Å². The lowest BCUT2D eigenvalue weighted by Gasteiger charge is -2.09. The zero-order valence-electron chi connectivity index (χ0n) is 12.3. The minimum Gasteiger partial charge on any atom is -0.611 e. The topological polar surface area (TPSA) is 73.5 Å². The zero-order chi connectivity index (χ0) is 16.4. The molecule has 3 aromatic rings. The average molecular weight is 327 g/mol. The predicted octanol–water partition coefficient (Wildman–Crippen LogP) is 3.03. The van der Waals surface area contributed by atoms with Gasteiger partial charge in [-0.3, -0.25) is 0 Å². The highest BCUT2D eigenvalue weighted by atomic mass is 32.2. The summed E-state index contributed by atoms with van der Waals surface area (Å²) in [7, 11) is 0. The Morgan fingerprint density at radius 3 is 2.52 bits per heavy atom. The van der Waals surface area contributed by atoms with Gasteiger partial charge in [0.05, 0.1) is 10.9 Å². The highest BCUT2D eigenvalue weighted by Crippen LogP contribution is 2.27. The van der Waals surface area contributed by atoms with Crippen LogP contribution in [0.25, 0.3) is 11.0 Å². The molecule has 1 atom stereocenters. The molecule has 3 rings (SSSR count). The fourth-order valence-electron chi connectivity index (χ4n) is 2.41. The number of hydrogen-bond acceptors (Lipinski definition) is 4. The summed E-state index contributed by atoms with van der Waals surface area (Å²) in [5.41, 5.74) is 0.856. The Bertz CT molecular complexity index is 884. The van der Waals surface area contributed by atoms with Gasteiger partial charge in [0, 0.05) is 6.42 Å². The molecule has 0 saturated heterocycles. The highest BCUT2D eigenvalue weighted by Gasteiger charge is 2.15. The lowest BCUT2D eigenvalue weighted by atomic mass is 10.0. The smallest absolute Gasteiger partial charge is 0.343 e. The molecule has 23 heavy (non-hydrogen) atoms. The van der Waals surface area contributed by atoms with E-state index in [9.17, 15) is 14.5 Å². The minimum atomic E-state index is -1.11. The van der Waals surface area contributed by atoms with E-state index in [-0.39, 0.29) is 17.7 Å². The van der Waals surface area contributed by atoms with Crippen LogP contribution in [0.15, 0.2) is 62.6 Å². The standard InChI is InChI=1S/C18H15O4S/c1-2-23(21)13-9-7-12(8-10-13)11-15-17(19)14-5-3-4-6-16(14)22-18(15)20/h3-10,19H,1-2,11H2. The van der Waals surface area contributed by atoms with Crippen molar-refractivity contribution in [2.24, 2.45) is 0 Å². The molecule has 0 spiro atoms. The van der Waals surface area contributed by atoms with Gasteiger partial charge in [-0.25, -0.2) is 4.79 Å². The maximum Gasteiger partial charge on any atom is 0.343 e. The molecular formula is C18H15O4S. The first-order chi connectivity index (χ1) is 11.1. The second kappa shape index (κ2) is 6.48. The molecule has 0 aliphatic rings. The van der Waals surface area contributed by atoms with E-state index in [0.717, 1.165) is 5.56 Å². The molecule has 0 aliphatic carbocycles. The van der Waals surface area contributed by atoms with E-state index in [1.54, 1.807) is 48.5 Å². The highest BCUT2D eigenvalue weighted by molar-refractivity contribution is 7.91. The van der Waals surface area contributed by atoms with Gasteiger partial charge in [-0.05, 0) is 47.9 Å². The quantitative estimate of drug-likeness (QED) is 0.590. The molecule has 2 aromatic carbocycles. The van der Waals surface area contributed by atoms with Crippen molar-refractivity contribution in [1.29, 1.82) is 0 Å². The number of para-hydroxylation sites is 1. The van der Waals surface area contributed by atoms with Crippen molar-refractivity contribution < 1.29 is 14.1 Å².